The summed E-state index contributed by atoms with van der Waals surface area (Å²) in [6.45, 7) is 1.06. The zero-order valence-corrected chi connectivity index (χ0v) is 32.3. The Morgan fingerprint density at radius 3 is 2.38 bits per heavy atom. The molecule has 2 bridgehead atoms. The van der Waals surface area contributed by atoms with Crippen LogP contribution in [0.15, 0.2) is 59.5 Å². The number of carbonyl (C=O) groups excluding carboxylic acids is 3. The number of ether oxygens (including phenoxy) is 1. The number of piperidine rings is 2. The summed E-state index contributed by atoms with van der Waals surface area (Å²) < 4.78 is 50.4. The van der Waals surface area contributed by atoms with Gasteiger partial charge in [-0.2, -0.15) is 18.3 Å². The van der Waals surface area contributed by atoms with E-state index in [1.54, 1.807) is 28.3 Å². The Labute approximate surface area is 331 Å². The maximum Gasteiger partial charge on any atom is 0.433 e. The molecule has 3 saturated heterocycles. The van der Waals surface area contributed by atoms with Crippen LogP contribution in [0.5, 0.6) is 5.75 Å². The Bertz CT molecular complexity index is 2490. The summed E-state index contributed by atoms with van der Waals surface area (Å²) in [5.74, 6) is -0.300. The molecule has 6 heterocycles. The van der Waals surface area contributed by atoms with Gasteiger partial charge in [0, 0.05) is 49.7 Å². The van der Waals surface area contributed by atoms with Gasteiger partial charge in [-0.15, -0.1) is 0 Å². The van der Waals surface area contributed by atoms with Gasteiger partial charge in [0.05, 0.1) is 35.4 Å². The van der Waals surface area contributed by atoms with Crippen LogP contribution in [-0.4, -0.2) is 72.3 Å². The van der Waals surface area contributed by atoms with Crippen molar-refractivity contribution in [2.75, 3.05) is 19.0 Å². The number of rotatable bonds is 8. The Kier molecular flexibility index (Phi) is 9.64. The van der Waals surface area contributed by atoms with Crippen molar-refractivity contribution >= 4 is 45.3 Å². The first kappa shape index (κ1) is 38.0. The first-order chi connectivity index (χ1) is 27.9. The monoisotopic (exact) mass is 798 g/mol. The molecule has 0 spiro atoms. The van der Waals surface area contributed by atoms with Crippen LogP contribution in [0.25, 0.3) is 21.9 Å². The highest BCUT2D eigenvalue weighted by molar-refractivity contribution is 6.05. The highest BCUT2D eigenvalue weighted by atomic mass is 19.4. The van der Waals surface area contributed by atoms with Crippen LogP contribution in [0.2, 0.25) is 0 Å². The molecule has 1 aliphatic carbocycles. The Hall–Kier alpha value is -5.51. The number of imide groups is 1. The third kappa shape index (κ3) is 6.84. The normalized spacial score (nSPS) is 25.3. The van der Waals surface area contributed by atoms with E-state index in [1.165, 1.54) is 13.2 Å². The predicted molar refractivity (Wildman–Crippen MR) is 209 cm³/mol. The number of aryl methyl sites for hydroxylation is 1. The second-order valence-corrected chi connectivity index (χ2v) is 16.4. The third-order valence-corrected chi connectivity index (χ3v) is 13.0. The van der Waals surface area contributed by atoms with E-state index < -0.39 is 29.7 Å². The average Bonchev–Trinajstić information content (AvgIpc) is 3.81. The zero-order valence-electron chi connectivity index (χ0n) is 32.3. The van der Waals surface area contributed by atoms with Crippen molar-refractivity contribution in [1.29, 1.82) is 0 Å². The Morgan fingerprint density at radius 2 is 1.67 bits per heavy atom. The fourth-order valence-electron chi connectivity index (χ4n) is 10.2. The van der Waals surface area contributed by atoms with E-state index in [2.05, 4.69) is 26.6 Å². The van der Waals surface area contributed by atoms with Gasteiger partial charge in [-0.3, -0.25) is 38.4 Å². The van der Waals surface area contributed by atoms with Crippen molar-refractivity contribution in [3.63, 3.8) is 0 Å². The predicted octanol–water partition coefficient (Wildman–Crippen LogP) is 6.48. The van der Waals surface area contributed by atoms with Gasteiger partial charge in [0.15, 0.2) is 0 Å². The van der Waals surface area contributed by atoms with Crippen LogP contribution in [0.3, 0.4) is 0 Å². The summed E-state index contributed by atoms with van der Waals surface area (Å²) >= 11 is 0. The largest absolute Gasteiger partial charge is 0.494 e. The molecule has 13 nitrogen and oxygen atoms in total. The highest BCUT2D eigenvalue weighted by Gasteiger charge is 2.43. The molecule has 58 heavy (non-hydrogen) atoms. The molecule has 1 saturated carbocycles. The molecular weight excluding hydrogens is 754 g/mol. The van der Waals surface area contributed by atoms with Gasteiger partial charge < -0.3 is 10.1 Å². The summed E-state index contributed by atoms with van der Waals surface area (Å²) in [5.41, 5.74) is 2.06. The van der Waals surface area contributed by atoms with Crippen LogP contribution >= 0.6 is 0 Å². The molecule has 3 aromatic heterocycles. The minimum absolute atomic E-state index is 0.207. The SMILES string of the molecule is COc1cc2nn([C@H]3CC[C@H](CN4[C@@H]5CC[C@H]4CC(c4cccc6c4n(C)c(=O)n6C4CCC(=O)NC4=O)C5)CC3)cc2cc1NC(=O)c1cccc(C(F)(F)F)n1. The summed E-state index contributed by atoms with van der Waals surface area (Å²) in [4.78, 5) is 57.4. The first-order valence-corrected chi connectivity index (χ1v) is 20.1. The van der Waals surface area contributed by atoms with Crippen molar-refractivity contribution in [3.8, 4) is 5.75 Å². The summed E-state index contributed by atoms with van der Waals surface area (Å²) in [5, 5.41) is 10.7. The van der Waals surface area contributed by atoms with E-state index in [1.807, 2.05) is 23.0 Å². The molecule has 2 unspecified atom stereocenters. The van der Waals surface area contributed by atoms with Crippen molar-refractivity contribution in [2.24, 2.45) is 13.0 Å². The molecular formula is C42H45F3N8O5. The number of hydrogen-bond acceptors (Lipinski definition) is 8. The number of benzene rings is 2. The second kappa shape index (κ2) is 14.7. The quantitative estimate of drug-likeness (QED) is 0.170. The minimum Gasteiger partial charge on any atom is -0.494 e. The fourth-order valence-corrected chi connectivity index (χ4v) is 10.2. The number of anilines is 1. The third-order valence-electron chi connectivity index (χ3n) is 13.0. The topological polar surface area (TPSA) is 145 Å². The van der Waals surface area contributed by atoms with Crippen LogP contribution in [-0.2, 0) is 22.8 Å². The lowest BCUT2D eigenvalue weighted by atomic mass is 9.82. The second-order valence-electron chi connectivity index (χ2n) is 16.4. The molecule has 4 fully saturated rings. The van der Waals surface area contributed by atoms with Crippen molar-refractivity contribution in [3.05, 3.63) is 82.2 Å². The smallest absolute Gasteiger partial charge is 0.433 e. The average molecular weight is 799 g/mol. The Balaban J connectivity index is 0.845. The number of fused-ring (bicyclic) bond motifs is 4. The van der Waals surface area contributed by atoms with E-state index in [0.717, 1.165) is 92.0 Å². The molecule has 3 aliphatic heterocycles. The van der Waals surface area contributed by atoms with Gasteiger partial charge >= 0.3 is 11.9 Å². The number of amides is 3. The lowest BCUT2D eigenvalue weighted by Crippen LogP contribution is -2.45. The number of pyridine rings is 1. The lowest BCUT2D eigenvalue weighted by molar-refractivity contribution is -0.141. The first-order valence-electron chi connectivity index (χ1n) is 20.1. The van der Waals surface area contributed by atoms with Crippen LogP contribution in [0, 0.1) is 5.92 Å². The number of aromatic nitrogens is 5. The molecule has 5 aromatic rings. The number of halogens is 3. The Morgan fingerprint density at radius 1 is 0.948 bits per heavy atom. The van der Waals surface area contributed by atoms with E-state index in [9.17, 15) is 32.3 Å². The summed E-state index contributed by atoms with van der Waals surface area (Å²) in [6.07, 6.45) is 6.26. The zero-order chi connectivity index (χ0) is 40.5. The molecule has 2 N–H and O–H groups in total. The number of imidazole rings is 1. The maximum atomic E-state index is 13.6. The number of para-hydroxylation sites is 1. The molecule has 0 radical (unpaired) electrons. The summed E-state index contributed by atoms with van der Waals surface area (Å²) in [7, 11) is 3.24. The molecule has 16 heteroatoms. The van der Waals surface area contributed by atoms with Crippen molar-refractivity contribution < 1.29 is 32.3 Å². The van der Waals surface area contributed by atoms with E-state index >= 15 is 0 Å². The van der Waals surface area contributed by atoms with E-state index in [0.29, 0.717) is 47.3 Å². The molecule has 304 valence electrons. The standard InChI is InChI=1S/C42H45F3N8O5/c1-50-38-29(5-3-7-33(38)53(41(50)57)34-15-16-37(54)48-40(34)56)24-17-27-13-14-28(18-24)51(27)21-23-9-11-26(12-10-23)52-22-25-19-32(35(58-2)20-31(25)49-52)47-39(55)30-6-4-8-36(46-30)42(43,44)45/h3-8,19-20,22-24,26-28,34H,9-18,21H2,1-2H3,(H,47,55)(H,48,54,56)/t23-,24?,26-,27-,28+,34?. The highest BCUT2D eigenvalue weighted by Crippen LogP contribution is 2.46. The number of carbonyl (C=O) groups is 3. The van der Waals surface area contributed by atoms with Gasteiger partial charge in [-0.1, -0.05) is 18.2 Å². The van der Waals surface area contributed by atoms with Gasteiger partial charge in [0.2, 0.25) is 11.8 Å². The van der Waals surface area contributed by atoms with Crippen LogP contribution in [0.4, 0.5) is 18.9 Å². The van der Waals surface area contributed by atoms with Crippen LogP contribution < -0.4 is 21.1 Å². The fraction of sp³-hybridized carbons (Fsp3) is 0.476. The summed E-state index contributed by atoms with van der Waals surface area (Å²) in [6, 6.07) is 13.1. The van der Waals surface area contributed by atoms with Crippen molar-refractivity contribution in [1.82, 2.24) is 34.1 Å². The number of methoxy groups -OCH3 is 1. The minimum atomic E-state index is -4.67. The molecule has 3 amide bonds. The van der Waals surface area contributed by atoms with E-state index in [-0.39, 0.29) is 29.8 Å². The molecule has 9 rings (SSSR count). The number of nitrogens with one attached hydrogen (secondary N) is 2. The molecule has 4 atom stereocenters. The van der Waals surface area contributed by atoms with E-state index in [4.69, 9.17) is 9.84 Å². The maximum absolute atomic E-state index is 13.6. The van der Waals surface area contributed by atoms with Gasteiger partial charge in [0.25, 0.3) is 5.91 Å². The number of hydrogen-bond donors (Lipinski definition) is 2. The molecule has 4 aliphatic rings. The van der Waals surface area contributed by atoms with Crippen LogP contribution in [0.1, 0.15) is 104 Å². The van der Waals surface area contributed by atoms with Gasteiger partial charge in [0.1, 0.15) is 23.2 Å². The number of nitrogens with zero attached hydrogens (tertiary/aromatic N) is 6. The van der Waals surface area contributed by atoms with Crippen molar-refractivity contribution in [2.45, 2.75) is 100 Å². The lowest BCUT2D eigenvalue weighted by Gasteiger charge is -2.42. The van der Waals surface area contributed by atoms with Gasteiger partial charge in [-0.25, -0.2) is 9.78 Å². The van der Waals surface area contributed by atoms with Gasteiger partial charge in [-0.05, 0) is 99.5 Å². The number of alkyl halides is 3. The molecule has 2 aromatic carbocycles.